The van der Waals surface area contributed by atoms with Crippen molar-refractivity contribution in [2.75, 3.05) is 0 Å². The average molecular weight is 150 g/mol. The number of rotatable bonds is 0. The number of hydrogen-bond donors (Lipinski definition) is 1. The van der Waals surface area contributed by atoms with Crippen molar-refractivity contribution in [2.24, 2.45) is 5.34 Å². The zero-order valence-electron chi connectivity index (χ0n) is 1.71. The molecule has 3 nitrogen and oxygen atoms in total. The monoisotopic (exact) mass is 149 g/mol. The first-order valence-electron chi connectivity index (χ1n) is 0.383. The molecular weight excluding hydrogens is 145 g/mol. The van der Waals surface area contributed by atoms with Gasteiger partial charge in [-0.05, 0) is 0 Å². The molecule has 0 aromatic carbocycles. The summed E-state index contributed by atoms with van der Waals surface area (Å²) in [5.74, 6) is 0. The third-order valence-electron chi connectivity index (χ3n) is 0. The third-order valence-corrected chi connectivity index (χ3v) is 0. The van der Waals surface area contributed by atoms with Crippen molar-refractivity contribution in [2.45, 2.75) is 0 Å². The van der Waals surface area contributed by atoms with E-state index in [0.29, 0.717) is 0 Å². The fraction of sp³-hybridized carbons (Fsp3) is 0. The van der Waals surface area contributed by atoms with E-state index in [1.54, 1.807) is 0 Å². The molecule has 0 atom stereocenters. The summed E-state index contributed by atoms with van der Waals surface area (Å²) in [7, 11) is 0. The molecule has 0 unspecified atom stereocenters. The van der Waals surface area contributed by atoms with Gasteiger partial charge in [0.2, 0.25) is 0 Å². The molecule has 0 heterocycles. The van der Waals surface area contributed by atoms with E-state index in [9.17, 15) is 0 Å². The molecular formula is H5CaClNNaO2. The molecule has 0 radical (unpaired) electrons. The van der Waals surface area contributed by atoms with E-state index < -0.39 is 0 Å². The summed E-state index contributed by atoms with van der Waals surface area (Å²) in [5, 5.41) is 7.89. The summed E-state index contributed by atoms with van der Waals surface area (Å²) in [6.07, 6.45) is 0. The second-order valence-electron chi connectivity index (χ2n) is 0.0816. The standard InChI is InChI=1S/Ca.ClH.HNO2.Na.3H/c;;2-1-3;;;;/h;1H;(H,2,3);;;;. The van der Waals surface area contributed by atoms with Crippen molar-refractivity contribution >= 4 is 79.7 Å². The topological polar surface area (TPSA) is 49.7 Å². The molecule has 0 aromatic rings. The predicted molar refractivity (Wildman–Crippen MR) is 30.5 cm³/mol. The van der Waals surface area contributed by atoms with E-state index in [0.717, 1.165) is 0 Å². The van der Waals surface area contributed by atoms with E-state index in [2.05, 4.69) is 0 Å². The Bertz CT molecular complexity index is 21.0. The Labute approximate surface area is 93.5 Å². The van der Waals surface area contributed by atoms with Crippen LogP contribution in [0.25, 0.3) is 0 Å². The van der Waals surface area contributed by atoms with Gasteiger partial charge in [0, 0.05) is 0 Å². The molecule has 0 saturated carbocycles. The van der Waals surface area contributed by atoms with Crippen LogP contribution in [-0.2, 0) is 0 Å². The first-order valence-corrected chi connectivity index (χ1v) is 0.383. The van der Waals surface area contributed by atoms with Crippen molar-refractivity contribution in [1.29, 1.82) is 0 Å². The average Bonchev–Trinajstić information content (AvgIpc) is 0.918. The quantitative estimate of drug-likeness (QED) is 0.273. The van der Waals surface area contributed by atoms with Crippen LogP contribution in [0, 0.1) is 4.91 Å². The molecule has 0 saturated heterocycles. The minimum atomic E-state index is 0. The van der Waals surface area contributed by atoms with Crippen LogP contribution in [0.5, 0.6) is 0 Å². The predicted octanol–water partition coefficient (Wildman–Crippen LogP) is -1.00. The summed E-state index contributed by atoms with van der Waals surface area (Å²) in [5.41, 5.74) is 0. The summed E-state index contributed by atoms with van der Waals surface area (Å²) in [6.45, 7) is 0. The van der Waals surface area contributed by atoms with Gasteiger partial charge < -0.3 is 5.21 Å². The minimum absolute atomic E-state index is 0. The molecule has 0 aliphatic carbocycles. The molecule has 0 bridgehead atoms. The van der Waals surface area contributed by atoms with Crippen molar-refractivity contribution in [3.8, 4) is 0 Å². The number of halogens is 1. The molecule has 0 aliphatic rings. The van der Waals surface area contributed by atoms with Gasteiger partial charge in [0.05, 0.1) is 0 Å². The molecule has 0 spiro atoms. The molecule has 6 heteroatoms. The van der Waals surface area contributed by atoms with E-state index in [1.165, 1.54) is 5.34 Å². The van der Waals surface area contributed by atoms with Gasteiger partial charge in [0.25, 0.3) is 0 Å². The number of nitrogens with zero attached hydrogens (tertiary/aromatic N) is 1. The zero-order valence-corrected chi connectivity index (χ0v) is 2.53. The Morgan fingerprint density at radius 1 is 1.50 bits per heavy atom. The molecule has 0 fully saturated rings. The van der Waals surface area contributed by atoms with Gasteiger partial charge in [-0.1, -0.05) is 0 Å². The molecule has 0 amide bonds. The molecule has 0 rings (SSSR count). The van der Waals surface area contributed by atoms with Crippen molar-refractivity contribution < 1.29 is 5.21 Å². The van der Waals surface area contributed by atoms with Crippen LogP contribution in [0.1, 0.15) is 0 Å². The third kappa shape index (κ3) is 38.3. The summed E-state index contributed by atoms with van der Waals surface area (Å²) < 4.78 is 0. The summed E-state index contributed by atoms with van der Waals surface area (Å²) in [6, 6.07) is 0. The first-order chi connectivity index (χ1) is 1.41. The molecule has 0 aromatic heterocycles. The number of hydrogen-bond acceptors (Lipinski definition) is 2. The van der Waals surface area contributed by atoms with Gasteiger partial charge in [-0.25, -0.2) is 0 Å². The maximum absolute atomic E-state index is 8.11. The van der Waals surface area contributed by atoms with Gasteiger partial charge >= 0.3 is 67.3 Å². The van der Waals surface area contributed by atoms with E-state index >= 15 is 0 Å². The van der Waals surface area contributed by atoms with Crippen molar-refractivity contribution in [3.63, 3.8) is 0 Å². The van der Waals surface area contributed by atoms with E-state index in [-0.39, 0.29) is 79.7 Å². The van der Waals surface area contributed by atoms with Gasteiger partial charge in [-0.15, -0.1) is 17.3 Å². The van der Waals surface area contributed by atoms with Crippen LogP contribution in [0.3, 0.4) is 0 Å². The molecule has 0 aliphatic heterocycles. The van der Waals surface area contributed by atoms with Crippen molar-refractivity contribution in [3.05, 3.63) is 4.91 Å². The molecule has 1 N–H and O–H groups in total. The van der Waals surface area contributed by atoms with Crippen molar-refractivity contribution in [1.82, 2.24) is 0 Å². The van der Waals surface area contributed by atoms with Gasteiger partial charge in [0.15, 0.2) is 5.34 Å². The second-order valence-corrected chi connectivity index (χ2v) is 0.0816. The normalized spacial score (nSPS) is 2.00. The maximum atomic E-state index is 8.11. The first kappa shape index (κ1) is 24.6. The Hall–Kier alpha value is 1.95. The summed E-state index contributed by atoms with van der Waals surface area (Å²) >= 11 is 0. The SMILES string of the molecule is Cl.O=NO.[CaH2].[NaH]. The van der Waals surface area contributed by atoms with E-state index in [1.807, 2.05) is 0 Å². The Morgan fingerprint density at radius 2 is 1.50 bits per heavy atom. The van der Waals surface area contributed by atoms with Crippen LogP contribution in [0.4, 0.5) is 0 Å². The summed E-state index contributed by atoms with van der Waals surface area (Å²) in [4.78, 5) is 8.11. The zero-order chi connectivity index (χ0) is 2.71. The Morgan fingerprint density at radius 3 is 1.50 bits per heavy atom. The molecule has 6 heavy (non-hydrogen) atoms. The van der Waals surface area contributed by atoms with Crippen LogP contribution < -0.4 is 0 Å². The second kappa shape index (κ2) is 28.3. The van der Waals surface area contributed by atoms with Crippen LogP contribution in [0.15, 0.2) is 5.34 Å². The molecule has 32 valence electrons. The van der Waals surface area contributed by atoms with Crippen LogP contribution in [-0.4, -0.2) is 72.5 Å². The Kier molecular flexibility index (Phi) is 116. The van der Waals surface area contributed by atoms with Crippen LogP contribution >= 0.6 is 12.4 Å². The van der Waals surface area contributed by atoms with Crippen LogP contribution in [0.2, 0.25) is 0 Å². The fourth-order valence-corrected chi connectivity index (χ4v) is 0. The Balaban J connectivity index is -0.00000000667. The van der Waals surface area contributed by atoms with E-state index in [4.69, 9.17) is 10.1 Å². The van der Waals surface area contributed by atoms with Gasteiger partial charge in [-0.2, -0.15) is 0 Å². The van der Waals surface area contributed by atoms with Gasteiger partial charge in [0.1, 0.15) is 0 Å². The van der Waals surface area contributed by atoms with Gasteiger partial charge in [-0.3, -0.25) is 0 Å². The fourth-order valence-electron chi connectivity index (χ4n) is 0.